The molecule has 0 aliphatic carbocycles. The number of carbonyl (C=O) groups is 3. The number of aromatic nitrogens is 3. The minimum absolute atomic E-state index is 0.0968. The third-order valence-electron chi connectivity index (χ3n) is 5.81. The number of thiazole rings is 1. The maximum Gasteiger partial charge on any atom is 0.286 e. The van der Waals surface area contributed by atoms with Crippen molar-refractivity contribution >= 4 is 69.0 Å². The average Bonchev–Trinajstić information content (AvgIpc) is 3.50. The number of thioether (sulfide) groups is 1. The van der Waals surface area contributed by atoms with E-state index in [-0.39, 0.29) is 41.1 Å². The van der Waals surface area contributed by atoms with Crippen LogP contribution in [0.25, 0.3) is 5.65 Å². The second-order valence-electron chi connectivity index (χ2n) is 8.17. The molecule has 16 heteroatoms. The van der Waals surface area contributed by atoms with Crippen molar-refractivity contribution in [3.8, 4) is 0 Å². The van der Waals surface area contributed by atoms with Gasteiger partial charge in [-0.05, 0) is 6.07 Å². The Labute approximate surface area is 227 Å². The van der Waals surface area contributed by atoms with E-state index in [1.807, 2.05) is 4.57 Å². The molecule has 2 amide bonds. The highest BCUT2D eigenvalue weighted by Gasteiger charge is 2.53. The van der Waals surface area contributed by atoms with Crippen molar-refractivity contribution in [3.63, 3.8) is 0 Å². The van der Waals surface area contributed by atoms with Crippen LogP contribution in [0.5, 0.6) is 0 Å². The van der Waals surface area contributed by atoms with E-state index in [9.17, 15) is 23.9 Å². The van der Waals surface area contributed by atoms with Crippen LogP contribution < -0.4 is 20.7 Å². The summed E-state index contributed by atoms with van der Waals surface area (Å²) in [5.41, 5.74) is 6.49. The van der Waals surface area contributed by atoms with Gasteiger partial charge in [0.15, 0.2) is 10.8 Å². The molecule has 198 valence electrons. The smallest absolute Gasteiger partial charge is 0.286 e. The van der Waals surface area contributed by atoms with Crippen LogP contribution in [0.1, 0.15) is 5.69 Å². The summed E-state index contributed by atoms with van der Waals surface area (Å²) in [5.74, 6) is -2.62. The highest BCUT2D eigenvalue weighted by Crippen LogP contribution is 2.40. The fourth-order valence-corrected chi connectivity index (χ4v) is 6.21. The number of amides is 2. The van der Waals surface area contributed by atoms with Crippen LogP contribution >= 0.6 is 34.7 Å². The summed E-state index contributed by atoms with van der Waals surface area (Å²) in [6.45, 7) is -0.996. The van der Waals surface area contributed by atoms with Crippen molar-refractivity contribution in [3.05, 3.63) is 58.1 Å². The number of aliphatic carboxylic acids is 1. The number of hydrogen-bond donors (Lipinski definition) is 2. The normalized spacial score (nSPS) is 19.4. The number of carbonyl (C=O) groups excluding carboxylic acids is 3. The lowest BCUT2D eigenvalue weighted by molar-refractivity contribution is -0.662. The second kappa shape index (κ2) is 10.6. The molecule has 0 saturated carbocycles. The van der Waals surface area contributed by atoms with Gasteiger partial charge in [0.05, 0.1) is 16.7 Å². The van der Waals surface area contributed by atoms with Gasteiger partial charge in [0.1, 0.15) is 55.5 Å². The van der Waals surface area contributed by atoms with Gasteiger partial charge in [-0.25, -0.2) is 18.3 Å². The summed E-state index contributed by atoms with van der Waals surface area (Å²) in [5, 5.41) is 19.9. The molecule has 0 radical (unpaired) electrons. The second-order valence-corrected chi connectivity index (χ2v) is 10.6. The zero-order valence-electron chi connectivity index (χ0n) is 19.4. The number of alkyl halides is 1. The van der Waals surface area contributed by atoms with Gasteiger partial charge in [0.25, 0.3) is 17.5 Å². The molecule has 3 N–H and O–H groups in total. The van der Waals surface area contributed by atoms with Crippen LogP contribution in [0, 0.1) is 0 Å². The SMILES string of the molecule is Nc1nc(/C(=N/OCCF)C(=O)N[C@@H]2C(=O)N3C(C(=O)[O-])=C(C[n+]4ccn5cc(Cl)ccc54)CS[C@H]23)cs1. The van der Waals surface area contributed by atoms with Crippen molar-refractivity contribution in [1.29, 1.82) is 0 Å². The maximum absolute atomic E-state index is 13.1. The number of nitrogens with one attached hydrogen (secondary N) is 1. The number of nitrogens with two attached hydrogens (primary N) is 1. The van der Waals surface area contributed by atoms with Crippen LogP contribution in [0.3, 0.4) is 0 Å². The summed E-state index contributed by atoms with van der Waals surface area (Å²) < 4.78 is 16.1. The van der Waals surface area contributed by atoms with Crippen LogP contribution in [0.15, 0.2) is 52.5 Å². The highest BCUT2D eigenvalue weighted by molar-refractivity contribution is 8.00. The van der Waals surface area contributed by atoms with E-state index >= 15 is 0 Å². The molecule has 2 atom stereocenters. The van der Waals surface area contributed by atoms with Crippen molar-refractivity contribution in [2.45, 2.75) is 18.0 Å². The van der Waals surface area contributed by atoms with E-state index in [0.29, 0.717) is 10.6 Å². The Balaban J connectivity index is 1.36. The monoisotopic (exact) mass is 579 g/mol. The molecule has 0 unspecified atom stereocenters. The number of anilines is 1. The zero-order valence-corrected chi connectivity index (χ0v) is 21.8. The van der Waals surface area contributed by atoms with Crippen LogP contribution in [0.4, 0.5) is 9.52 Å². The number of fused-ring (bicyclic) bond motifs is 2. The Morgan fingerprint density at radius 2 is 2.24 bits per heavy atom. The molecule has 38 heavy (non-hydrogen) atoms. The van der Waals surface area contributed by atoms with Crippen molar-refractivity contribution in [1.82, 2.24) is 19.6 Å². The quantitative estimate of drug-likeness (QED) is 0.115. The zero-order chi connectivity index (χ0) is 27.0. The lowest BCUT2D eigenvalue weighted by Crippen LogP contribution is -2.71. The number of carboxylic acid groups (broad SMARTS) is 1. The minimum atomic E-state index is -1.49. The van der Waals surface area contributed by atoms with Gasteiger partial charge in [-0.1, -0.05) is 16.8 Å². The molecule has 3 aromatic heterocycles. The van der Waals surface area contributed by atoms with Crippen LogP contribution in [0.2, 0.25) is 5.02 Å². The number of imidazole rings is 1. The largest absolute Gasteiger partial charge is 0.543 e. The van der Waals surface area contributed by atoms with Gasteiger partial charge in [-0.15, -0.1) is 23.1 Å². The number of halogens is 2. The van der Waals surface area contributed by atoms with Gasteiger partial charge in [-0.2, -0.15) is 0 Å². The Kier molecular flexibility index (Phi) is 7.23. The predicted octanol–water partition coefficient (Wildman–Crippen LogP) is -0.287. The Morgan fingerprint density at radius 3 is 2.95 bits per heavy atom. The summed E-state index contributed by atoms with van der Waals surface area (Å²) in [6, 6.07) is 2.49. The minimum Gasteiger partial charge on any atom is -0.543 e. The first-order valence-corrected chi connectivity index (χ1v) is 13.4. The van der Waals surface area contributed by atoms with E-state index in [4.69, 9.17) is 22.2 Å². The molecule has 1 fully saturated rings. The summed E-state index contributed by atoms with van der Waals surface area (Å²) >= 11 is 8.41. The Hall–Kier alpha value is -3.69. The van der Waals surface area contributed by atoms with Crippen molar-refractivity contribution in [2.24, 2.45) is 5.16 Å². The number of pyridine rings is 1. The van der Waals surface area contributed by atoms with Gasteiger partial charge in [0, 0.05) is 22.8 Å². The molecule has 2 aliphatic heterocycles. The lowest BCUT2D eigenvalue weighted by Gasteiger charge is -2.50. The Bertz CT molecular complexity index is 1510. The van der Waals surface area contributed by atoms with Crippen LogP contribution in [-0.2, 0) is 25.8 Å². The van der Waals surface area contributed by atoms with E-state index < -0.39 is 35.9 Å². The van der Waals surface area contributed by atoms with Gasteiger partial charge in [-0.3, -0.25) is 14.5 Å². The number of oxime groups is 1. The summed E-state index contributed by atoms with van der Waals surface area (Å²) in [4.78, 5) is 48.1. The topological polar surface area (TPSA) is 158 Å². The number of nitrogen functional groups attached to an aromatic ring is 1. The maximum atomic E-state index is 13.1. The summed E-state index contributed by atoms with van der Waals surface area (Å²) in [6.07, 6.45) is 5.28. The fourth-order valence-electron chi connectivity index (χ4n) is 4.16. The van der Waals surface area contributed by atoms with E-state index in [2.05, 4.69) is 15.5 Å². The molecule has 12 nitrogen and oxygen atoms in total. The molecule has 5 heterocycles. The summed E-state index contributed by atoms with van der Waals surface area (Å²) in [7, 11) is 0. The molecule has 0 spiro atoms. The van der Waals surface area contributed by atoms with E-state index in [0.717, 1.165) is 21.9 Å². The predicted molar refractivity (Wildman–Crippen MR) is 135 cm³/mol. The van der Waals surface area contributed by atoms with Crippen molar-refractivity contribution in [2.75, 3.05) is 24.8 Å². The first kappa shape index (κ1) is 25.9. The lowest BCUT2D eigenvalue weighted by atomic mass is 10.0. The average molecular weight is 580 g/mol. The molecule has 2 aliphatic rings. The molecule has 0 aromatic carbocycles. The number of rotatable bonds is 9. The number of β-lactam (4-membered cyclic amide) rings is 1. The highest BCUT2D eigenvalue weighted by atomic mass is 35.5. The molecular formula is C22H19ClFN7O5S2. The van der Waals surface area contributed by atoms with E-state index in [1.165, 1.54) is 17.1 Å². The molecule has 5 rings (SSSR count). The van der Waals surface area contributed by atoms with Gasteiger partial charge < -0.3 is 25.8 Å². The molecule has 1 saturated heterocycles. The van der Waals surface area contributed by atoms with Gasteiger partial charge in [0.2, 0.25) is 0 Å². The third kappa shape index (κ3) is 4.79. The molecule has 0 bridgehead atoms. The van der Waals surface area contributed by atoms with Crippen molar-refractivity contribution < 1.29 is 33.3 Å². The van der Waals surface area contributed by atoms with E-state index in [1.54, 1.807) is 35.1 Å². The molecular weight excluding hydrogens is 561 g/mol. The third-order valence-corrected chi connectivity index (χ3v) is 8.05. The van der Waals surface area contributed by atoms with Gasteiger partial charge >= 0.3 is 0 Å². The Morgan fingerprint density at radius 1 is 1.42 bits per heavy atom. The number of nitrogens with zero attached hydrogens (tertiary/aromatic N) is 5. The molecule has 3 aromatic rings. The fraction of sp³-hybridized carbons (Fsp3) is 0.273. The number of hydrogen-bond acceptors (Lipinski definition) is 10. The first-order valence-electron chi connectivity index (χ1n) is 11.1. The van der Waals surface area contributed by atoms with Crippen LogP contribution in [-0.4, -0.2) is 68.2 Å². The first-order chi connectivity index (χ1) is 18.3. The number of carboxylic acids is 1. The standard InChI is InChI=1S/C22H19ClFN7O5S2/c23-12-1-2-14-29(4-5-30(14)8-12)7-11-9-37-20-16(19(33)31(20)17(11)21(34)35)27-18(32)15(28-36-6-3-24)13-10-38-22(25)26-13/h1-2,4-5,8,10,16,20H,3,6-7,9H2,(H3-,25,26,27,32,34,35)/b28-15-/t16-,20-/m1/s1.